The fraction of sp³-hybridized carbons (Fsp3) is 0.333. The van der Waals surface area contributed by atoms with Gasteiger partial charge < -0.3 is 4.74 Å². The number of nitrogens with zero attached hydrogens (tertiary/aromatic N) is 2. The summed E-state index contributed by atoms with van der Waals surface area (Å²) in [5, 5.41) is 1.24. The fourth-order valence-electron chi connectivity index (χ4n) is 2.84. The highest BCUT2D eigenvalue weighted by Gasteiger charge is 2.24. The summed E-state index contributed by atoms with van der Waals surface area (Å²) < 4.78 is 5.62. The Morgan fingerprint density at radius 1 is 1.22 bits per heavy atom. The lowest BCUT2D eigenvalue weighted by atomic mass is 10.0. The van der Waals surface area contributed by atoms with E-state index in [0.717, 1.165) is 23.0 Å². The quantitative estimate of drug-likeness (QED) is 0.663. The molecule has 27 heavy (non-hydrogen) atoms. The molecule has 2 aromatic carbocycles. The number of carbonyl (C=O) groups excluding carboxylic acids is 1. The average Bonchev–Trinajstić information content (AvgIpc) is 2.68. The molecule has 1 amide bonds. The summed E-state index contributed by atoms with van der Waals surface area (Å²) in [6.07, 6.45) is 0.938. The Morgan fingerprint density at radius 3 is 2.74 bits per heavy atom. The maximum Gasteiger partial charge on any atom is 0.266 e. The van der Waals surface area contributed by atoms with Crippen LogP contribution in [0.5, 0.6) is 5.75 Å². The Balaban J connectivity index is 1.77. The molecule has 2 aromatic rings. The van der Waals surface area contributed by atoms with E-state index in [1.54, 1.807) is 28.8 Å². The van der Waals surface area contributed by atoms with E-state index in [0.29, 0.717) is 23.2 Å². The molecule has 0 aliphatic carbocycles. The van der Waals surface area contributed by atoms with E-state index in [1.807, 2.05) is 30.3 Å². The SMILES string of the molecule is CC(C)c1ccccc1N=C1SCCCN1C(=O)COc1ccccc1Cl. The van der Waals surface area contributed by atoms with Gasteiger partial charge in [-0.05, 0) is 36.1 Å². The van der Waals surface area contributed by atoms with E-state index in [9.17, 15) is 4.79 Å². The van der Waals surface area contributed by atoms with Crippen LogP contribution in [0.15, 0.2) is 53.5 Å². The van der Waals surface area contributed by atoms with Crippen LogP contribution in [-0.2, 0) is 4.79 Å². The second-order valence-corrected chi connectivity index (χ2v) is 8.04. The van der Waals surface area contributed by atoms with Gasteiger partial charge in [-0.2, -0.15) is 0 Å². The number of benzene rings is 2. The minimum atomic E-state index is -0.108. The van der Waals surface area contributed by atoms with Crippen LogP contribution in [-0.4, -0.2) is 34.9 Å². The summed E-state index contributed by atoms with van der Waals surface area (Å²) in [5.41, 5.74) is 2.10. The molecule has 1 fully saturated rings. The summed E-state index contributed by atoms with van der Waals surface area (Å²) in [5.74, 6) is 1.73. The number of halogens is 1. The van der Waals surface area contributed by atoms with Gasteiger partial charge in [-0.3, -0.25) is 9.69 Å². The molecule has 1 aliphatic heterocycles. The molecule has 0 N–H and O–H groups in total. The third-order valence-electron chi connectivity index (χ3n) is 4.25. The number of rotatable bonds is 5. The maximum atomic E-state index is 12.8. The zero-order valence-electron chi connectivity index (χ0n) is 15.5. The lowest BCUT2D eigenvalue weighted by Crippen LogP contribution is -2.41. The topological polar surface area (TPSA) is 41.9 Å². The summed E-state index contributed by atoms with van der Waals surface area (Å²) in [7, 11) is 0. The van der Waals surface area contributed by atoms with Crippen molar-refractivity contribution in [3.8, 4) is 5.75 Å². The smallest absolute Gasteiger partial charge is 0.266 e. The van der Waals surface area contributed by atoms with Gasteiger partial charge >= 0.3 is 0 Å². The Bertz CT molecular complexity index is 838. The van der Waals surface area contributed by atoms with Crippen molar-refractivity contribution in [1.29, 1.82) is 0 Å². The van der Waals surface area contributed by atoms with Crippen molar-refractivity contribution >= 4 is 40.1 Å². The van der Waals surface area contributed by atoms with Crippen molar-refractivity contribution < 1.29 is 9.53 Å². The van der Waals surface area contributed by atoms with Gasteiger partial charge in [0.25, 0.3) is 5.91 Å². The molecule has 0 spiro atoms. The molecular formula is C21H23ClN2O2S. The van der Waals surface area contributed by atoms with Crippen molar-refractivity contribution in [3.05, 3.63) is 59.1 Å². The molecule has 0 bridgehead atoms. The highest BCUT2D eigenvalue weighted by atomic mass is 35.5. The molecule has 142 valence electrons. The second-order valence-electron chi connectivity index (χ2n) is 6.57. The number of thioether (sulfide) groups is 1. The number of amides is 1. The molecule has 3 rings (SSSR count). The number of carbonyl (C=O) groups is 1. The number of aliphatic imine (C=N–C) groups is 1. The van der Waals surface area contributed by atoms with Crippen LogP contribution in [0, 0.1) is 0 Å². The van der Waals surface area contributed by atoms with E-state index in [4.69, 9.17) is 21.3 Å². The summed E-state index contributed by atoms with van der Waals surface area (Å²) in [4.78, 5) is 19.3. The van der Waals surface area contributed by atoms with E-state index in [2.05, 4.69) is 19.9 Å². The first-order chi connectivity index (χ1) is 13.1. The molecule has 0 saturated carbocycles. The molecule has 0 atom stereocenters. The number of amidine groups is 1. The van der Waals surface area contributed by atoms with Crippen LogP contribution in [0.4, 0.5) is 5.69 Å². The van der Waals surface area contributed by atoms with E-state index in [1.165, 1.54) is 5.56 Å². The summed E-state index contributed by atoms with van der Waals surface area (Å²) in [6, 6.07) is 15.2. The first kappa shape index (κ1) is 19.8. The third kappa shape index (κ3) is 5.05. The monoisotopic (exact) mass is 402 g/mol. The van der Waals surface area contributed by atoms with Crippen LogP contribution >= 0.6 is 23.4 Å². The van der Waals surface area contributed by atoms with Crippen molar-refractivity contribution in [3.63, 3.8) is 0 Å². The van der Waals surface area contributed by atoms with Gasteiger partial charge in [-0.25, -0.2) is 4.99 Å². The van der Waals surface area contributed by atoms with Crippen molar-refractivity contribution in [1.82, 2.24) is 4.90 Å². The van der Waals surface area contributed by atoms with Gasteiger partial charge in [0.1, 0.15) is 5.75 Å². The molecule has 6 heteroatoms. The predicted molar refractivity (Wildman–Crippen MR) is 113 cm³/mol. The average molecular weight is 403 g/mol. The molecule has 0 aromatic heterocycles. The largest absolute Gasteiger partial charge is 0.482 e. The molecule has 0 unspecified atom stereocenters. The standard InChI is InChI=1S/C21H23ClN2O2S/c1-15(2)16-8-3-5-10-18(16)23-21-24(12-7-13-27-21)20(25)14-26-19-11-6-4-9-17(19)22/h3-6,8-11,15H,7,12-14H2,1-2H3. The zero-order chi connectivity index (χ0) is 19.2. The first-order valence-electron chi connectivity index (χ1n) is 9.04. The number of para-hydroxylation sites is 2. The van der Waals surface area contributed by atoms with Crippen molar-refractivity contribution in [2.75, 3.05) is 18.9 Å². The zero-order valence-corrected chi connectivity index (χ0v) is 17.1. The molecule has 4 nitrogen and oxygen atoms in total. The van der Waals surface area contributed by atoms with Crippen LogP contribution < -0.4 is 4.74 Å². The van der Waals surface area contributed by atoms with Gasteiger partial charge in [-0.1, -0.05) is 67.5 Å². The Kier molecular flexibility index (Phi) is 6.80. The number of hydrogen-bond donors (Lipinski definition) is 0. The van der Waals surface area contributed by atoms with Crippen molar-refractivity contribution in [2.24, 2.45) is 4.99 Å². The van der Waals surface area contributed by atoms with Crippen LogP contribution in [0.2, 0.25) is 5.02 Å². The molecular weight excluding hydrogens is 380 g/mol. The first-order valence-corrected chi connectivity index (χ1v) is 10.4. The fourth-order valence-corrected chi connectivity index (χ4v) is 4.00. The van der Waals surface area contributed by atoms with E-state index < -0.39 is 0 Å². The van der Waals surface area contributed by atoms with E-state index in [-0.39, 0.29) is 12.5 Å². The molecule has 1 saturated heterocycles. The summed E-state index contributed by atoms with van der Waals surface area (Å²) in [6.45, 7) is 4.89. The minimum absolute atomic E-state index is 0.0604. The Morgan fingerprint density at radius 2 is 1.96 bits per heavy atom. The predicted octanol–water partition coefficient (Wildman–Crippen LogP) is 5.50. The third-order valence-corrected chi connectivity index (χ3v) is 5.63. The van der Waals surface area contributed by atoms with E-state index >= 15 is 0 Å². The van der Waals surface area contributed by atoms with Gasteiger partial charge in [0, 0.05) is 12.3 Å². The maximum absolute atomic E-state index is 12.8. The molecule has 1 heterocycles. The van der Waals surface area contributed by atoms with Crippen LogP contribution in [0.25, 0.3) is 0 Å². The minimum Gasteiger partial charge on any atom is -0.482 e. The molecule has 0 radical (unpaired) electrons. The summed E-state index contributed by atoms with van der Waals surface area (Å²) >= 11 is 7.71. The van der Waals surface area contributed by atoms with Gasteiger partial charge in [-0.15, -0.1) is 0 Å². The Hall–Kier alpha value is -1.98. The lowest BCUT2D eigenvalue weighted by Gasteiger charge is -2.28. The highest BCUT2D eigenvalue weighted by Crippen LogP contribution is 2.29. The Labute approximate surface area is 169 Å². The van der Waals surface area contributed by atoms with Crippen LogP contribution in [0.3, 0.4) is 0 Å². The lowest BCUT2D eigenvalue weighted by molar-refractivity contribution is -0.129. The van der Waals surface area contributed by atoms with Gasteiger partial charge in [0.05, 0.1) is 10.7 Å². The second kappa shape index (κ2) is 9.29. The number of ether oxygens (including phenoxy) is 1. The van der Waals surface area contributed by atoms with Crippen molar-refractivity contribution in [2.45, 2.75) is 26.2 Å². The molecule has 1 aliphatic rings. The van der Waals surface area contributed by atoms with Crippen LogP contribution in [0.1, 0.15) is 31.7 Å². The normalized spacial score (nSPS) is 16.0. The van der Waals surface area contributed by atoms with Gasteiger partial charge in [0.2, 0.25) is 0 Å². The number of hydrogen-bond acceptors (Lipinski definition) is 4. The highest BCUT2D eigenvalue weighted by molar-refractivity contribution is 8.13. The van der Waals surface area contributed by atoms with Gasteiger partial charge in [0.15, 0.2) is 11.8 Å².